The highest BCUT2D eigenvalue weighted by Gasteiger charge is 2.36. The minimum absolute atomic E-state index is 0.0847. The van der Waals surface area contributed by atoms with Crippen LogP contribution in [0.15, 0.2) is 59.0 Å². The Kier molecular flexibility index (Phi) is 5.13. The minimum Gasteiger partial charge on any atom is -0.361 e. The molecular formula is C20H21F2NO2. The lowest BCUT2D eigenvalue weighted by atomic mass is 9.87. The van der Waals surface area contributed by atoms with Crippen molar-refractivity contribution in [1.82, 2.24) is 0 Å². The van der Waals surface area contributed by atoms with E-state index in [9.17, 15) is 8.78 Å². The molecule has 1 atom stereocenters. The van der Waals surface area contributed by atoms with Gasteiger partial charge in [0.1, 0.15) is 28.7 Å². The molecule has 0 aromatic heterocycles. The zero-order chi connectivity index (χ0) is 17.9. The van der Waals surface area contributed by atoms with Crippen molar-refractivity contribution in [3.05, 3.63) is 71.0 Å². The first-order valence-electron chi connectivity index (χ1n) is 8.43. The molecule has 0 saturated heterocycles. The van der Waals surface area contributed by atoms with Gasteiger partial charge in [-0.2, -0.15) is 0 Å². The van der Waals surface area contributed by atoms with Crippen LogP contribution in [0.3, 0.4) is 0 Å². The van der Waals surface area contributed by atoms with Gasteiger partial charge >= 0.3 is 0 Å². The molecule has 1 unspecified atom stereocenters. The van der Waals surface area contributed by atoms with E-state index < -0.39 is 17.2 Å². The first-order chi connectivity index (χ1) is 12.0. The molecule has 0 saturated carbocycles. The molecule has 2 aliphatic rings. The Balaban J connectivity index is 1.89. The quantitative estimate of drug-likeness (QED) is 0.735. The summed E-state index contributed by atoms with van der Waals surface area (Å²) < 4.78 is 33.8. The van der Waals surface area contributed by atoms with Gasteiger partial charge in [0.25, 0.3) is 0 Å². The van der Waals surface area contributed by atoms with Crippen LogP contribution >= 0.6 is 0 Å². The number of oxime groups is 1. The van der Waals surface area contributed by atoms with E-state index in [0.29, 0.717) is 17.9 Å². The average molecular weight is 345 g/mol. The van der Waals surface area contributed by atoms with Gasteiger partial charge in [-0.15, -0.1) is 0 Å². The molecule has 1 aliphatic carbocycles. The maximum Gasteiger partial charge on any atom is 0.134 e. The molecule has 0 spiro atoms. The highest BCUT2D eigenvalue weighted by molar-refractivity contribution is 6.07. The number of benzene rings is 1. The van der Waals surface area contributed by atoms with Gasteiger partial charge in [0, 0.05) is 12.0 Å². The molecule has 1 heterocycles. The minimum atomic E-state index is -0.907. The molecule has 0 radical (unpaired) electrons. The van der Waals surface area contributed by atoms with Crippen LogP contribution < -0.4 is 0 Å². The van der Waals surface area contributed by atoms with Crippen LogP contribution in [-0.2, 0) is 16.2 Å². The van der Waals surface area contributed by atoms with Crippen LogP contribution in [-0.4, -0.2) is 11.3 Å². The van der Waals surface area contributed by atoms with E-state index in [2.05, 4.69) is 11.2 Å². The maximum atomic E-state index is 13.9. The van der Waals surface area contributed by atoms with Gasteiger partial charge in [-0.1, -0.05) is 36.4 Å². The predicted molar refractivity (Wildman–Crippen MR) is 92.9 cm³/mol. The Morgan fingerprint density at radius 2 is 2.04 bits per heavy atom. The van der Waals surface area contributed by atoms with E-state index in [4.69, 9.17) is 9.57 Å². The molecule has 132 valence electrons. The summed E-state index contributed by atoms with van der Waals surface area (Å²) in [5.41, 5.74) is 0.657. The standard InChI is InChI=1S/C20H21F2NO2/c1-3-15-12-20(2,19(23-25-15)14-8-5-4-6-9-14)24-13-16-17(21)10-7-11-18(16)22/h4-5,7-8,10-12H,3,6,9,13H2,1-2H3. The van der Waals surface area contributed by atoms with Crippen LogP contribution in [0.2, 0.25) is 0 Å². The Morgan fingerprint density at radius 1 is 1.28 bits per heavy atom. The molecular weight excluding hydrogens is 324 g/mol. The summed E-state index contributed by atoms with van der Waals surface area (Å²) in [4.78, 5) is 5.44. The molecule has 0 amide bonds. The van der Waals surface area contributed by atoms with Crippen molar-refractivity contribution in [1.29, 1.82) is 0 Å². The first kappa shape index (κ1) is 17.5. The summed E-state index contributed by atoms with van der Waals surface area (Å²) in [5.74, 6) is -0.561. The SMILES string of the molecule is CCC1=CC(C)(OCc2c(F)cccc2F)C(C2=CC=CCC2)=NO1. The molecule has 1 aromatic rings. The third kappa shape index (κ3) is 3.71. The second kappa shape index (κ2) is 7.31. The third-order valence-corrected chi connectivity index (χ3v) is 4.41. The van der Waals surface area contributed by atoms with Gasteiger partial charge in [0.05, 0.1) is 6.61 Å². The van der Waals surface area contributed by atoms with Crippen molar-refractivity contribution < 1.29 is 18.4 Å². The molecule has 0 fully saturated rings. The largest absolute Gasteiger partial charge is 0.361 e. The molecule has 1 aliphatic heterocycles. The molecule has 0 bridgehead atoms. The Labute approximate surface area is 146 Å². The normalized spacial score (nSPS) is 22.8. The van der Waals surface area contributed by atoms with Gasteiger partial charge in [-0.05, 0) is 43.5 Å². The van der Waals surface area contributed by atoms with Crippen molar-refractivity contribution >= 4 is 5.71 Å². The monoisotopic (exact) mass is 345 g/mol. The van der Waals surface area contributed by atoms with E-state index in [-0.39, 0.29) is 12.2 Å². The third-order valence-electron chi connectivity index (χ3n) is 4.41. The number of ether oxygens (including phenoxy) is 1. The molecule has 3 nitrogen and oxygen atoms in total. The number of nitrogens with zero attached hydrogens (tertiary/aromatic N) is 1. The summed E-state index contributed by atoms with van der Waals surface area (Å²) in [7, 11) is 0. The summed E-state index contributed by atoms with van der Waals surface area (Å²) in [6, 6.07) is 3.79. The lowest BCUT2D eigenvalue weighted by Crippen LogP contribution is -2.40. The van der Waals surface area contributed by atoms with Crippen molar-refractivity contribution in [2.24, 2.45) is 5.16 Å². The fourth-order valence-corrected chi connectivity index (χ4v) is 2.94. The number of rotatable bonds is 5. The van der Waals surface area contributed by atoms with E-state index in [1.807, 2.05) is 32.1 Å². The molecule has 3 rings (SSSR count). The van der Waals surface area contributed by atoms with E-state index >= 15 is 0 Å². The van der Waals surface area contributed by atoms with Crippen LogP contribution in [0.1, 0.15) is 38.7 Å². The fraction of sp³-hybridized carbons (Fsp3) is 0.350. The maximum absolute atomic E-state index is 13.9. The van der Waals surface area contributed by atoms with Gasteiger partial charge in [0.2, 0.25) is 0 Å². The van der Waals surface area contributed by atoms with Crippen molar-refractivity contribution in [3.63, 3.8) is 0 Å². The van der Waals surface area contributed by atoms with Crippen LogP contribution in [0, 0.1) is 11.6 Å². The molecule has 1 aromatic carbocycles. The summed E-state index contributed by atoms with van der Waals surface area (Å²) in [5, 5.41) is 4.25. The first-order valence-corrected chi connectivity index (χ1v) is 8.43. The van der Waals surface area contributed by atoms with E-state index in [0.717, 1.165) is 18.4 Å². The Bertz CT molecular complexity index is 760. The Morgan fingerprint density at radius 3 is 2.68 bits per heavy atom. The van der Waals surface area contributed by atoms with Crippen LogP contribution in [0.5, 0.6) is 0 Å². The highest BCUT2D eigenvalue weighted by Crippen LogP contribution is 2.32. The topological polar surface area (TPSA) is 30.8 Å². The van der Waals surface area contributed by atoms with Gasteiger partial charge in [0.15, 0.2) is 0 Å². The molecule has 0 N–H and O–H groups in total. The molecule has 25 heavy (non-hydrogen) atoms. The highest BCUT2D eigenvalue weighted by atomic mass is 19.1. The van der Waals surface area contributed by atoms with E-state index in [1.54, 1.807) is 0 Å². The van der Waals surface area contributed by atoms with Gasteiger partial charge < -0.3 is 9.57 Å². The van der Waals surface area contributed by atoms with Crippen molar-refractivity contribution in [3.8, 4) is 0 Å². The summed E-state index contributed by atoms with van der Waals surface area (Å²) >= 11 is 0. The van der Waals surface area contributed by atoms with Gasteiger partial charge in [-0.3, -0.25) is 0 Å². The van der Waals surface area contributed by atoms with Crippen LogP contribution in [0.4, 0.5) is 8.78 Å². The lowest BCUT2D eigenvalue weighted by molar-refractivity contribution is 0.0263. The second-order valence-corrected chi connectivity index (χ2v) is 6.25. The number of hydrogen-bond donors (Lipinski definition) is 0. The van der Waals surface area contributed by atoms with Crippen molar-refractivity contribution in [2.75, 3.05) is 0 Å². The summed E-state index contributed by atoms with van der Waals surface area (Å²) in [6.07, 6.45) is 10.2. The summed E-state index contributed by atoms with van der Waals surface area (Å²) in [6.45, 7) is 3.61. The fourth-order valence-electron chi connectivity index (χ4n) is 2.94. The smallest absolute Gasteiger partial charge is 0.134 e. The lowest BCUT2D eigenvalue weighted by Gasteiger charge is -2.33. The zero-order valence-electron chi connectivity index (χ0n) is 14.4. The Hall–Kier alpha value is -2.27. The predicted octanol–water partition coefficient (Wildman–Crippen LogP) is 5.20. The number of halogens is 2. The van der Waals surface area contributed by atoms with Crippen LogP contribution in [0.25, 0.3) is 0 Å². The average Bonchev–Trinajstić information content (AvgIpc) is 2.62. The van der Waals surface area contributed by atoms with Crippen molar-refractivity contribution in [2.45, 2.75) is 45.3 Å². The number of allylic oxidation sites excluding steroid dienone is 4. The van der Waals surface area contributed by atoms with Gasteiger partial charge in [-0.25, -0.2) is 8.78 Å². The molecule has 5 heteroatoms. The second-order valence-electron chi connectivity index (χ2n) is 6.25. The zero-order valence-corrected chi connectivity index (χ0v) is 14.4. The number of hydrogen-bond acceptors (Lipinski definition) is 3. The van der Waals surface area contributed by atoms with E-state index in [1.165, 1.54) is 18.2 Å².